The molecule has 0 aromatic rings. The van der Waals surface area contributed by atoms with Crippen LogP contribution in [0.25, 0.3) is 0 Å². The summed E-state index contributed by atoms with van der Waals surface area (Å²) in [4.78, 5) is 25.2. The summed E-state index contributed by atoms with van der Waals surface area (Å²) < 4.78 is 0. The SMILES string of the molecule is CC1CCCN(C(=O)NC2CCCCC2C(=O)O)C1. The van der Waals surface area contributed by atoms with Gasteiger partial charge in [0.25, 0.3) is 0 Å². The minimum Gasteiger partial charge on any atom is -0.481 e. The lowest BCUT2D eigenvalue weighted by molar-refractivity contribution is -0.143. The molecule has 3 atom stereocenters. The first-order valence-electron chi connectivity index (χ1n) is 7.36. The van der Waals surface area contributed by atoms with E-state index in [4.69, 9.17) is 0 Å². The van der Waals surface area contributed by atoms with Gasteiger partial charge in [0.1, 0.15) is 0 Å². The fraction of sp³-hybridized carbons (Fsp3) is 0.857. The molecule has 2 N–H and O–H groups in total. The van der Waals surface area contributed by atoms with Crippen LogP contribution in [-0.4, -0.2) is 41.1 Å². The lowest BCUT2D eigenvalue weighted by Gasteiger charge is -2.35. The second-order valence-electron chi connectivity index (χ2n) is 5.98. The van der Waals surface area contributed by atoms with Crippen molar-refractivity contribution in [3.63, 3.8) is 0 Å². The molecule has 1 saturated carbocycles. The third kappa shape index (κ3) is 3.61. The zero-order valence-corrected chi connectivity index (χ0v) is 11.6. The molecule has 19 heavy (non-hydrogen) atoms. The number of hydrogen-bond acceptors (Lipinski definition) is 2. The van der Waals surface area contributed by atoms with E-state index in [1.54, 1.807) is 0 Å². The molecule has 0 spiro atoms. The minimum absolute atomic E-state index is 0.0790. The van der Waals surface area contributed by atoms with Crippen LogP contribution in [0.15, 0.2) is 0 Å². The molecule has 108 valence electrons. The molecule has 2 rings (SSSR count). The Balaban J connectivity index is 1.91. The smallest absolute Gasteiger partial charge is 0.317 e. The summed E-state index contributed by atoms with van der Waals surface area (Å²) in [5.41, 5.74) is 0. The number of carboxylic acid groups (broad SMARTS) is 1. The first-order valence-corrected chi connectivity index (χ1v) is 7.36. The molecular weight excluding hydrogens is 244 g/mol. The van der Waals surface area contributed by atoms with E-state index >= 15 is 0 Å². The number of amides is 2. The van der Waals surface area contributed by atoms with E-state index in [2.05, 4.69) is 12.2 Å². The Hall–Kier alpha value is -1.26. The highest BCUT2D eigenvalue weighted by molar-refractivity contribution is 5.77. The first-order chi connectivity index (χ1) is 9.08. The summed E-state index contributed by atoms with van der Waals surface area (Å²) in [5.74, 6) is -0.655. The van der Waals surface area contributed by atoms with Crippen LogP contribution in [-0.2, 0) is 4.79 Å². The summed E-state index contributed by atoms with van der Waals surface area (Å²) in [7, 11) is 0. The Morgan fingerprint density at radius 2 is 1.89 bits per heavy atom. The van der Waals surface area contributed by atoms with Crippen LogP contribution in [0, 0.1) is 11.8 Å². The van der Waals surface area contributed by atoms with Gasteiger partial charge in [-0.3, -0.25) is 4.79 Å². The summed E-state index contributed by atoms with van der Waals surface area (Å²) in [5, 5.41) is 12.2. The van der Waals surface area contributed by atoms with E-state index in [1.165, 1.54) is 6.42 Å². The van der Waals surface area contributed by atoms with Gasteiger partial charge in [0.2, 0.25) is 0 Å². The number of piperidine rings is 1. The molecular formula is C14H24N2O3. The van der Waals surface area contributed by atoms with Gasteiger partial charge in [-0.05, 0) is 31.6 Å². The fourth-order valence-corrected chi connectivity index (χ4v) is 3.22. The number of carbonyl (C=O) groups excluding carboxylic acids is 1. The first kappa shape index (κ1) is 14.2. The maximum atomic E-state index is 12.2. The number of rotatable bonds is 2. The van der Waals surface area contributed by atoms with Gasteiger partial charge < -0.3 is 15.3 Å². The Kier molecular flexibility index (Phi) is 4.66. The van der Waals surface area contributed by atoms with E-state index in [0.29, 0.717) is 12.3 Å². The number of urea groups is 1. The highest BCUT2D eigenvalue weighted by Gasteiger charge is 2.33. The molecule has 1 aliphatic heterocycles. The van der Waals surface area contributed by atoms with Gasteiger partial charge in [-0.15, -0.1) is 0 Å². The zero-order valence-electron chi connectivity index (χ0n) is 11.6. The highest BCUT2D eigenvalue weighted by atomic mass is 16.4. The van der Waals surface area contributed by atoms with Crippen molar-refractivity contribution in [1.82, 2.24) is 10.2 Å². The van der Waals surface area contributed by atoms with Gasteiger partial charge in [-0.25, -0.2) is 4.79 Å². The molecule has 1 heterocycles. The number of nitrogens with zero attached hydrogens (tertiary/aromatic N) is 1. The van der Waals surface area contributed by atoms with E-state index < -0.39 is 11.9 Å². The number of likely N-dealkylation sites (tertiary alicyclic amines) is 1. The third-order valence-corrected chi connectivity index (χ3v) is 4.34. The molecule has 0 aromatic carbocycles. The molecule has 1 saturated heterocycles. The van der Waals surface area contributed by atoms with E-state index in [1.807, 2.05) is 4.90 Å². The topological polar surface area (TPSA) is 69.6 Å². The number of carbonyl (C=O) groups is 2. The van der Waals surface area contributed by atoms with Gasteiger partial charge in [-0.1, -0.05) is 19.8 Å². The standard InChI is InChI=1S/C14H24N2O3/c1-10-5-4-8-16(9-10)14(19)15-12-7-3-2-6-11(12)13(17)18/h10-12H,2-9H2,1H3,(H,15,19)(H,17,18). The van der Waals surface area contributed by atoms with Crippen molar-refractivity contribution in [2.75, 3.05) is 13.1 Å². The maximum absolute atomic E-state index is 12.2. The van der Waals surface area contributed by atoms with Gasteiger partial charge in [-0.2, -0.15) is 0 Å². The highest BCUT2D eigenvalue weighted by Crippen LogP contribution is 2.25. The maximum Gasteiger partial charge on any atom is 0.317 e. The summed E-state index contributed by atoms with van der Waals surface area (Å²) in [6.45, 7) is 3.73. The van der Waals surface area contributed by atoms with Crippen molar-refractivity contribution in [1.29, 1.82) is 0 Å². The van der Waals surface area contributed by atoms with Crippen molar-refractivity contribution >= 4 is 12.0 Å². The van der Waals surface area contributed by atoms with Gasteiger partial charge in [0.05, 0.1) is 5.92 Å². The average Bonchev–Trinajstić information content (AvgIpc) is 2.39. The predicted octanol–water partition coefficient (Wildman–Crippen LogP) is 2.07. The molecule has 1 aliphatic carbocycles. The minimum atomic E-state index is -0.781. The number of nitrogens with one attached hydrogen (secondary N) is 1. The molecule has 3 unspecified atom stereocenters. The molecule has 0 aromatic heterocycles. The molecule has 0 radical (unpaired) electrons. The Morgan fingerprint density at radius 1 is 1.16 bits per heavy atom. The average molecular weight is 268 g/mol. The number of aliphatic carboxylic acids is 1. The van der Waals surface area contributed by atoms with E-state index in [0.717, 1.165) is 38.8 Å². The summed E-state index contributed by atoms with van der Waals surface area (Å²) >= 11 is 0. The van der Waals surface area contributed by atoms with Gasteiger partial charge >= 0.3 is 12.0 Å². The van der Waals surface area contributed by atoms with Crippen LogP contribution in [0.5, 0.6) is 0 Å². The van der Waals surface area contributed by atoms with Crippen LogP contribution >= 0.6 is 0 Å². The van der Waals surface area contributed by atoms with E-state index in [9.17, 15) is 14.7 Å². The lowest BCUT2D eigenvalue weighted by atomic mass is 9.84. The monoisotopic (exact) mass is 268 g/mol. The van der Waals surface area contributed by atoms with Crippen LogP contribution in [0.3, 0.4) is 0 Å². The lowest BCUT2D eigenvalue weighted by Crippen LogP contribution is -2.52. The normalized spacial score (nSPS) is 31.8. The van der Waals surface area contributed by atoms with Crippen molar-refractivity contribution < 1.29 is 14.7 Å². The zero-order chi connectivity index (χ0) is 13.8. The molecule has 2 amide bonds. The van der Waals surface area contributed by atoms with Gasteiger partial charge in [0, 0.05) is 19.1 Å². The Labute approximate surface area is 114 Å². The molecule has 0 bridgehead atoms. The Bertz CT molecular complexity index is 346. The number of hydrogen-bond donors (Lipinski definition) is 2. The molecule has 5 heteroatoms. The van der Waals surface area contributed by atoms with Crippen molar-refractivity contribution in [3.8, 4) is 0 Å². The second kappa shape index (κ2) is 6.26. The van der Waals surface area contributed by atoms with Crippen molar-refractivity contribution in [3.05, 3.63) is 0 Å². The predicted molar refractivity (Wildman–Crippen MR) is 71.9 cm³/mol. The largest absolute Gasteiger partial charge is 0.481 e. The fourth-order valence-electron chi connectivity index (χ4n) is 3.22. The third-order valence-electron chi connectivity index (χ3n) is 4.34. The molecule has 5 nitrogen and oxygen atoms in total. The Morgan fingerprint density at radius 3 is 2.58 bits per heavy atom. The number of carboxylic acids is 1. The van der Waals surface area contributed by atoms with Crippen LogP contribution in [0.4, 0.5) is 4.79 Å². The summed E-state index contributed by atoms with van der Waals surface area (Å²) in [6, 6.07) is -0.277. The molecule has 2 aliphatic rings. The van der Waals surface area contributed by atoms with Crippen LogP contribution < -0.4 is 5.32 Å². The van der Waals surface area contributed by atoms with Crippen LogP contribution in [0.2, 0.25) is 0 Å². The van der Waals surface area contributed by atoms with Crippen molar-refractivity contribution in [2.24, 2.45) is 11.8 Å². The summed E-state index contributed by atoms with van der Waals surface area (Å²) in [6.07, 6.45) is 5.63. The van der Waals surface area contributed by atoms with Gasteiger partial charge in [0.15, 0.2) is 0 Å². The van der Waals surface area contributed by atoms with Crippen LogP contribution in [0.1, 0.15) is 45.4 Å². The second-order valence-corrected chi connectivity index (χ2v) is 5.98. The van der Waals surface area contributed by atoms with E-state index in [-0.39, 0.29) is 12.1 Å². The quantitative estimate of drug-likeness (QED) is 0.805. The van der Waals surface area contributed by atoms with Crippen molar-refractivity contribution in [2.45, 2.75) is 51.5 Å². The molecule has 2 fully saturated rings.